The number of hydrogen-bond acceptors (Lipinski definition) is 18. The predicted molar refractivity (Wildman–Crippen MR) is 325 cm³/mol. The number of rotatable bonds is 19. The molecule has 0 atom stereocenters. The molecule has 7 aromatic carbocycles. The topological polar surface area (TPSA) is 279 Å². The molecule has 0 unspecified atom stereocenters. The Bertz CT molecular complexity index is 4360. The molecule has 4 aromatic heterocycles. The lowest BCUT2D eigenvalue weighted by molar-refractivity contribution is -0.131. The van der Waals surface area contributed by atoms with Crippen molar-refractivity contribution in [3.8, 4) is 45.7 Å². The van der Waals surface area contributed by atoms with Crippen LogP contribution in [0.25, 0.3) is 66.9 Å². The Labute approximate surface area is 495 Å². The molecule has 24 heteroatoms. The summed E-state index contributed by atoms with van der Waals surface area (Å²) in [5.74, 6) is -1.16. The van der Waals surface area contributed by atoms with Gasteiger partial charge in [-0.3, -0.25) is 19.2 Å². The summed E-state index contributed by atoms with van der Waals surface area (Å²) in [6.07, 6.45) is 0.831. The summed E-state index contributed by atoms with van der Waals surface area (Å²) in [5.41, 5.74) is 6.58. The molecule has 0 spiro atoms. The van der Waals surface area contributed by atoms with Gasteiger partial charge in [-0.15, -0.1) is 83.5 Å². The van der Waals surface area contributed by atoms with E-state index in [0.29, 0.717) is 100 Å². The van der Waals surface area contributed by atoms with Crippen molar-refractivity contribution in [2.45, 2.75) is 71.1 Å². The zero-order valence-corrected chi connectivity index (χ0v) is 49.3. The van der Waals surface area contributed by atoms with Gasteiger partial charge >= 0.3 is 0 Å². The molecule has 22 nitrogen and oxygen atoms in total. The molecule has 0 saturated carbocycles. The summed E-state index contributed by atoms with van der Waals surface area (Å²) in [5, 5.41) is 81.2. The van der Waals surface area contributed by atoms with Gasteiger partial charge < -0.3 is 30.2 Å². The average Bonchev–Trinajstić information content (AvgIpc) is 2.06. The number of carbonyl (C=O) groups is 4. The second kappa shape index (κ2) is 25.0. The minimum absolute atomic E-state index is 0.0425. The molecule has 4 heterocycles. The smallest absolute Gasteiger partial charge is 0.223 e. The van der Waals surface area contributed by atoms with Crippen LogP contribution in [0.2, 0.25) is 0 Å². The van der Waals surface area contributed by atoms with Crippen LogP contribution in [0.5, 0.6) is 23.0 Å². The van der Waals surface area contributed by atoms with Gasteiger partial charge in [0.1, 0.15) is 55.5 Å². The molecule has 0 aliphatic carbocycles. The number of nitrogens with zero attached hydrogens (tertiary/aromatic N) is 14. The van der Waals surface area contributed by atoms with Crippen molar-refractivity contribution in [1.82, 2.24) is 69.8 Å². The van der Waals surface area contributed by atoms with Crippen LogP contribution >= 0.6 is 23.5 Å². The van der Waals surface area contributed by atoms with E-state index in [9.17, 15) is 39.6 Å². The first-order valence-electron chi connectivity index (χ1n) is 27.5. The third-order valence-electron chi connectivity index (χ3n) is 14.1. The molecule has 0 bridgehead atoms. The molecular weight excluding hydrogens is 1120 g/mol. The van der Waals surface area contributed by atoms with E-state index in [-0.39, 0.29) is 51.4 Å². The van der Waals surface area contributed by atoms with E-state index in [0.717, 1.165) is 30.5 Å². The summed E-state index contributed by atoms with van der Waals surface area (Å²) in [6, 6.07) is 33.5. The Hall–Kier alpha value is -9.68. The number of phenols is 4. The molecule has 11 aromatic rings. The van der Waals surface area contributed by atoms with Crippen molar-refractivity contribution < 1.29 is 39.6 Å². The van der Waals surface area contributed by atoms with E-state index in [1.54, 1.807) is 58.3 Å². The fraction of sp³-hybridized carbons (Fsp3) is 0.246. The highest BCUT2D eigenvalue weighted by Gasteiger charge is 2.29. The Morgan fingerprint density at radius 3 is 1.22 bits per heavy atom. The second-order valence-corrected chi connectivity index (χ2v) is 22.1. The maximum absolute atomic E-state index is 13.4. The van der Waals surface area contributed by atoms with E-state index in [2.05, 4.69) is 40.8 Å². The van der Waals surface area contributed by atoms with Gasteiger partial charge in [0.05, 0.1) is 11.1 Å². The minimum atomic E-state index is -0.478. The first kappa shape index (κ1) is 58.5. The maximum Gasteiger partial charge on any atom is 0.223 e. The highest BCUT2D eigenvalue weighted by atomic mass is 32.2. The molecule has 2 amide bonds. The van der Waals surface area contributed by atoms with Crippen LogP contribution in [0.1, 0.15) is 84.9 Å². The van der Waals surface area contributed by atoms with Crippen LogP contribution < -0.4 is 0 Å². The summed E-state index contributed by atoms with van der Waals surface area (Å²) >= 11 is 3.06. The third kappa shape index (κ3) is 12.2. The van der Waals surface area contributed by atoms with Gasteiger partial charge in [0.25, 0.3) is 0 Å². The first-order valence-corrected chi connectivity index (χ1v) is 29.5. The van der Waals surface area contributed by atoms with Gasteiger partial charge in [-0.1, -0.05) is 42.5 Å². The molecule has 434 valence electrons. The van der Waals surface area contributed by atoms with Crippen molar-refractivity contribution in [2.75, 3.05) is 37.7 Å². The lowest BCUT2D eigenvalue weighted by Crippen LogP contribution is -2.30. The summed E-state index contributed by atoms with van der Waals surface area (Å²) in [6.45, 7) is 15.7. The SMILES string of the molecule is CCN(CC)C(=O)CCSc1ccc2nn(-c3cc(C(C)=O)c(O)c(-n4nc5ccc(SCCC(=O)N(CC)CC)cc5n4)c3O)nc2c1.Cc1ccc2nn(-c3cc(C(=O)c4ccccc4)c(O)c(-n4nc5ccc(C)cc5n4)c3O)nc2c1. The predicted octanol–water partition coefficient (Wildman–Crippen LogP) is 9.88. The number of amides is 2. The van der Waals surface area contributed by atoms with Crippen molar-refractivity contribution >= 4 is 91.0 Å². The number of carbonyl (C=O) groups excluding carboxylic acids is 4. The van der Waals surface area contributed by atoms with Crippen molar-refractivity contribution in [1.29, 1.82) is 0 Å². The zero-order valence-electron chi connectivity index (χ0n) is 47.6. The summed E-state index contributed by atoms with van der Waals surface area (Å²) in [7, 11) is 0. The van der Waals surface area contributed by atoms with Crippen LogP contribution in [0.4, 0.5) is 0 Å². The van der Waals surface area contributed by atoms with E-state index >= 15 is 0 Å². The average molecular weight is 1180 g/mol. The van der Waals surface area contributed by atoms with Gasteiger partial charge in [-0.25, -0.2) is 0 Å². The van der Waals surface area contributed by atoms with Crippen molar-refractivity contribution in [3.63, 3.8) is 0 Å². The number of aromatic hydroxyl groups is 4. The third-order valence-corrected chi connectivity index (χ3v) is 16.1. The van der Waals surface area contributed by atoms with Crippen LogP contribution in [-0.4, -0.2) is 151 Å². The summed E-state index contributed by atoms with van der Waals surface area (Å²) < 4.78 is 0. The first-order chi connectivity index (χ1) is 41.0. The Morgan fingerprint density at radius 1 is 0.435 bits per heavy atom. The minimum Gasteiger partial charge on any atom is -0.505 e. The fourth-order valence-electron chi connectivity index (χ4n) is 9.55. The number of thioether (sulfide) groups is 2. The number of benzene rings is 7. The van der Waals surface area contributed by atoms with Crippen LogP contribution in [-0.2, 0) is 9.59 Å². The van der Waals surface area contributed by atoms with E-state index in [4.69, 9.17) is 0 Å². The standard InChI is InChI=1S/C34H40N8O5S2.C27H20N6O3/c1-6-39(7-2)30(44)14-16-48-22-10-12-25-27(18-22)37-41(35-25)29-20-24(21(5)43)33(46)32(34(29)47)42-36-26-13-11-23(19-28(26)38-42)49-17-15-31(45)40(8-3)9-4;1-15-8-10-19-21(12-15)30-32(28-19)23-14-18(25(34)17-6-4-3-5-7-17)26(35)24(27(23)36)33-29-20-11-9-16(2)13-22(20)31-33/h10-13,18-20,46-47H,6-9,14-17H2,1-5H3;3-14,35-36H,1-2H3. The lowest BCUT2D eigenvalue weighted by atomic mass is 10.0. The Balaban J connectivity index is 0.000000197. The highest BCUT2D eigenvalue weighted by Crippen LogP contribution is 2.42. The molecule has 4 N–H and O–H groups in total. The van der Waals surface area contributed by atoms with Gasteiger partial charge in [-0.05, 0) is 132 Å². The largest absolute Gasteiger partial charge is 0.505 e. The van der Waals surface area contributed by atoms with E-state index in [1.165, 1.54) is 52.2 Å². The number of Topliss-reactive ketones (excluding diaryl/α,β-unsaturated/α-hetero) is 1. The molecular formula is C61H60N14O8S2. The van der Waals surface area contributed by atoms with E-state index in [1.807, 2.05) is 96.1 Å². The number of phenolic OH excluding ortho intramolecular Hbond substituents is 4. The number of fused-ring (bicyclic) bond motifs is 4. The quantitative estimate of drug-likeness (QED) is 0.0433. The molecule has 0 fully saturated rings. The molecule has 0 aliphatic heterocycles. The van der Waals surface area contributed by atoms with Crippen LogP contribution in [0, 0.1) is 13.8 Å². The Morgan fingerprint density at radius 2 is 0.800 bits per heavy atom. The van der Waals surface area contributed by atoms with Crippen LogP contribution in [0.15, 0.2) is 125 Å². The second-order valence-electron chi connectivity index (χ2n) is 19.8. The molecule has 0 saturated heterocycles. The van der Waals surface area contributed by atoms with Gasteiger partial charge in [-0.2, -0.15) is 0 Å². The number of ketones is 2. The molecule has 0 radical (unpaired) electrons. The summed E-state index contributed by atoms with van der Waals surface area (Å²) in [4.78, 5) is 60.9. The highest BCUT2D eigenvalue weighted by molar-refractivity contribution is 7.99. The van der Waals surface area contributed by atoms with Gasteiger partial charge in [0.2, 0.25) is 11.8 Å². The Kier molecular flexibility index (Phi) is 17.2. The molecule has 11 rings (SSSR count). The number of hydrogen-bond donors (Lipinski definition) is 4. The molecule has 0 aliphatic rings. The fourth-order valence-corrected chi connectivity index (χ4v) is 11.3. The van der Waals surface area contributed by atoms with Gasteiger partial charge in [0.15, 0.2) is 45.9 Å². The number of aryl methyl sites for hydroxylation is 2. The van der Waals surface area contributed by atoms with Gasteiger partial charge in [0, 0.05) is 65.9 Å². The zero-order chi connectivity index (χ0) is 60.2. The number of aromatic nitrogens is 12. The van der Waals surface area contributed by atoms with Crippen molar-refractivity contribution in [2.24, 2.45) is 0 Å². The van der Waals surface area contributed by atoms with Crippen molar-refractivity contribution in [3.05, 3.63) is 143 Å². The normalized spacial score (nSPS) is 11.4. The lowest BCUT2D eigenvalue weighted by Gasteiger charge is -2.18. The van der Waals surface area contributed by atoms with E-state index < -0.39 is 28.8 Å². The maximum atomic E-state index is 13.4. The molecule has 85 heavy (non-hydrogen) atoms. The monoisotopic (exact) mass is 1180 g/mol. The van der Waals surface area contributed by atoms with Crippen LogP contribution in [0.3, 0.4) is 0 Å².